The van der Waals surface area contributed by atoms with E-state index in [1.54, 1.807) is 6.07 Å². The third-order valence-corrected chi connectivity index (χ3v) is 12.2. The molecule has 0 radical (unpaired) electrons. The van der Waals surface area contributed by atoms with E-state index >= 15 is 0 Å². The lowest BCUT2D eigenvalue weighted by atomic mass is 9.96. The highest BCUT2D eigenvalue weighted by atomic mass is 32.1. The molecule has 0 aliphatic rings. The lowest BCUT2D eigenvalue weighted by molar-refractivity contribution is 1.06. The number of benzene rings is 8. The molecule has 6 nitrogen and oxygen atoms in total. The highest BCUT2D eigenvalue weighted by Crippen LogP contribution is 2.44. The standard InChI is InChI=1S/C53H30N6S/c1-54-38-28-37(29-39(32-38)55-2)35-24-26-42-41-18-9-11-21-45(41)59(47(42)31-35)46-27-25-36(40-20-13-23-49-50(40)43-19-10-12-22-48(43)60-49)30-44(46)53-57-51(33-14-5-3-6-15-33)56-52(58-53)34-16-7-4-8-17-34/h3-32H. The maximum atomic E-state index is 7.73. The molecule has 0 aliphatic carbocycles. The van der Waals surface area contributed by atoms with Gasteiger partial charge in [0, 0.05) is 47.6 Å². The summed E-state index contributed by atoms with van der Waals surface area (Å²) in [5.74, 6) is 1.72. The Morgan fingerprint density at radius 3 is 1.72 bits per heavy atom. The molecule has 0 spiro atoms. The molecule has 3 aromatic heterocycles. The maximum absolute atomic E-state index is 7.73. The second-order valence-corrected chi connectivity index (χ2v) is 15.7. The summed E-state index contributed by atoms with van der Waals surface area (Å²) in [6.07, 6.45) is 0. The van der Waals surface area contributed by atoms with E-state index in [1.807, 2.05) is 84.1 Å². The van der Waals surface area contributed by atoms with Crippen molar-refractivity contribution in [2.75, 3.05) is 0 Å². The first-order chi connectivity index (χ1) is 29.6. The van der Waals surface area contributed by atoms with Crippen LogP contribution >= 0.6 is 11.3 Å². The summed E-state index contributed by atoms with van der Waals surface area (Å²) in [5, 5.41) is 4.64. The zero-order chi connectivity index (χ0) is 40.2. The van der Waals surface area contributed by atoms with Crippen LogP contribution < -0.4 is 0 Å². The number of rotatable bonds is 6. The van der Waals surface area contributed by atoms with Crippen LogP contribution in [0, 0.1) is 13.1 Å². The molecule has 0 atom stereocenters. The van der Waals surface area contributed by atoms with Crippen molar-refractivity contribution in [3.63, 3.8) is 0 Å². The van der Waals surface area contributed by atoms with Gasteiger partial charge in [0.25, 0.3) is 0 Å². The van der Waals surface area contributed by atoms with E-state index in [-0.39, 0.29) is 0 Å². The minimum absolute atomic E-state index is 0.434. The largest absolute Gasteiger partial charge is 0.308 e. The van der Waals surface area contributed by atoms with Crippen molar-refractivity contribution in [1.82, 2.24) is 19.5 Å². The molecule has 0 amide bonds. The Balaban J connectivity index is 1.23. The summed E-state index contributed by atoms with van der Waals surface area (Å²) in [6.45, 7) is 15.5. The summed E-state index contributed by atoms with van der Waals surface area (Å²) >= 11 is 1.81. The molecule has 0 N–H and O–H groups in total. The molecular weight excluding hydrogens is 753 g/mol. The van der Waals surface area contributed by atoms with Gasteiger partial charge in [0.15, 0.2) is 28.8 Å². The topological polar surface area (TPSA) is 52.3 Å². The molecule has 0 saturated heterocycles. The molecule has 11 aromatic rings. The van der Waals surface area contributed by atoms with Crippen molar-refractivity contribution in [2.45, 2.75) is 0 Å². The van der Waals surface area contributed by atoms with Gasteiger partial charge < -0.3 is 4.57 Å². The average molecular weight is 783 g/mol. The van der Waals surface area contributed by atoms with E-state index in [1.165, 1.54) is 20.2 Å². The van der Waals surface area contributed by atoms with Gasteiger partial charge in [-0.2, -0.15) is 0 Å². The van der Waals surface area contributed by atoms with Crippen molar-refractivity contribution in [2.24, 2.45) is 0 Å². The second-order valence-electron chi connectivity index (χ2n) is 14.6. The van der Waals surface area contributed by atoms with Crippen molar-refractivity contribution >= 4 is 64.7 Å². The zero-order valence-corrected chi connectivity index (χ0v) is 32.7. The molecule has 8 aromatic carbocycles. The molecule has 7 heteroatoms. The fourth-order valence-corrected chi connectivity index (χ4v) is 9.45. The molecule has 278 valence electrons. The van der Waals surface area contributed by atoms with Crippen molar-refractivity contribution < 1.29 is 0 Å². The van der Waals surface area contributed by atoms with Crippen molar-refractivity contribution in [3.8, 4) is 62.1 Å². The third kappa shape index (κ3) is 5.89. The first-order valence-electron chi connectivity index (χ1n) is 19.5. The van der Waals surface area contributed by atoms with Crippen LogP contribution in [0.15, 0.2) is 182 Å². The predicted octanol–water partition coefficient (Wildman–Crippen LogP) is 14.8. The van der Waals surface area contributed by atoms with E-state index in [0.717, 1.165) is 66.4 Å². The van der Waals surface area contributed by atoms with Crippen LogP contribution in [0.2, 0.25) is 0 Å². The minimum Gasteiger partial charge on any atom is -0.308 e. The van der Waals surface area contributed by atoms with Crippen LogP contribution in [0.1, 0.15) is 0 Å². The summed E-state index contributed by atoms with van der Waals surface area (Å²) in [5.41, 5.74) is 10.3. The Bertz CT molecular complexity index is 3480. The predicted molar refractivity (Wildman–Crippen MR) is 247 cm³/mol. The SMILES string of the molecule is [C-]#[N+]c1cc([N+]#[C-])cc(-c2ccc3c4ccccc4n(-c4ccc(-c5cccc6sc7ccccc7c56)cc4-c4nc(-c5ccccc5)nc(-c5ccccc5)n4)c3c2)c1. The normalized spacial score (nSPS) is 11.3. The van der Waals surface area contributed by atoms with Gasteiger partial charge in [-0.05, 0) is 58.7 Å². The molecule has 0 unspecified atom stereocenters. The summed E-state index contributed by atoms with van der Waals surface area (Å²) in [6, 6.07) is 62.1. The van der Waals surface area contributed by atoms with E-state index in [9.17, 15) is 0 Å². The molecular formula is C53H30N6S. The number of hydrogen-bond acceptors (Lipinski definition) is 4. The van der Waals surface area contributed by atoms with Gasteiger partial charge >= 0.3 is 0 Å². The molecule has 0 fully saturated rings. The van der Waals surface area contributed by atoms with Gasteiger partial charge in [-0.25, -0.2) is 24.6 Å². The number of thiophene rings is 1. The monoisotopic (exact) mass is 782 g/mol. The number of aromatic nitrogens is 4. The van der Waals surface area contributed by atoms with Crippen molar-refractivity contribution in [3.05, 3.63) is 205 Å². The van der Waals surface area contributed by atoms with Crippen LogP contribution in [-0.2, 0) is 0 Å². The second kappa shape index (κ2) is 14.3. The van der Waals surface area contributed by atoms with E-state index in [2.05, 4.69) is 117 Å². The van der Waals surface area contributed by atoms with Crippen LogP contribution in [0.3, 0.4) is 0 Å². The summed E-state index contributed by atoms with van der Waals surface area (Å²) < 4.78 is 4.79. The number of para-hydroxylation sites is 1. The van der Waals surface area contributed by atoms with Gasteiger partial charge in [0.1, 0.15) is 0 Å². The lowest BCUT2D eigenvalue weighted by Gasteiger charge is -2.17. The summed E-state index contributed by atoms with van der Waals surface area (Å²) in [7, 11) is 0. The van der Waals surface area contributed by atoms with Gasteiger partial charge in [-0.1, -0.05) is 146 Å². The number of fused-ring (bicyclic) bond motifs is 6. The Hall–Kier alpha value is -8.23. The maximum Gasteiger partial charge on any atom is 0.177 e. The van der Waals surface area contributed by atoms with Crippen LogP contribution in [0.25, 0.3) is 114 Å². The van der Waals surface area contributed by atoms with E-state index in [4.69, 9.17) is 28.1 Å². The Kier molecular flexibility index (Phi) is 8.34. The van der Waals surface area contributed by atoms with Crippen LogP contribution in [0.5, 0.6) is 0 Å². The Labute approximate surface area is 349 Å². The van der Waals surface area contributed by atoms with E-state index < -0.39 is 0 Å². The number of hydrogen-bond donors (Lipinski definition) is 0. The summed E-state index contributed by atoms with van der Waals surface area (Å²) in [4.78, 5) is 23.0. The molecule has 0 bridgehead atoms. The smallest absolute Gasteiger partial charge is 0.177 e. The minimum atomic E-state index is 0.434. The Morgan fingerprint density at radius 2 is 1.00 bits per heavy atom. The molecule has 60 heavy (non-hydrogen) atoms. The molecule has 3 heterocycles. The zero-order valence-electron chi connectivity index (χ0n) is 31.9. The molecule has 0 saturated carbocycles. The Morgan fingerprint density at radius 1 is 0.400 bits per heavy atom. The van der Waals surface area contributed by atoms with Gasteiger partial charge in [0.2, 0.25) is 0 Å². The fourth-order valence-electron chi connectivity index (χ4n) is 8.32. The average Bonchev–Trinajstić information content (AvgIpc) is 3.87. The van der Waals surface area contributed by atoms with Gasteiger partial charge in [-0.15, -0.1) is 11.3 Å². The number of nitrogens with zero attached hydrogens (tertiary/aromatic N) is 6. The molecule has 11 rings (SSSR count). The lowest BCUT2D eigenvalue weighted by Crippen LogP contribution is -2.04. The van der Waals surface area contributed by atoms with Crippen LogP contribution in [-0.4, -0.2) is 19.5 Å². The van der Waals surface area contributed by atoms with Gasteiger partial charge in [-0.3, -0.25) is 0 Å². The van der Waals surface area contributed by atoms with Crippen molar-refractivity contribution in [1.29, 1.82) is 0 Å². The highest BCUT2D eigenvalue weighted by Gasteiger charge is 2.22. The van der Waals surface area contributed by atoms with Crippen LogP contribution in [0.4, 0.5) is 11.4 Å². The first kappa shape index (κ1) is 35.0. The van der Waals surface area contributed by atoms with E-state index in [0.29, 0.717) is 28.8 Å². The molecule has 0 aliphatic heterocycles. The van der Waals surface area contributed by atoms with Gasteiger partial charge in [0.05, 0.1) is 29.9 Å². The fraction of sp³-hybridized carbons (Fsp3) is 0. The third-order valence-electron chi connectivity index (χ3n) is 11.1. The first-order valence-corrected chi connectivity index (χ1v) is 20.3. The quantitative estimate of drug-likeness (QED) is 0.158. The highest BCUT2D eigenvalue weighted by molar-refractivity contribution is 7.25.